The maximum absolute atomic E-state index is 9.09. The topological polar surface area (TPSA) is 71.4 Å². The fraction of sp³-hybridized carbons (Fsp3) is 0.0714. The molecule has 0 aliphatic heterocycles. The Hall–Kier alpha value is -3.81. The van der Waals surface area contributed by atoms with Crippen LogP contribution in [0.15, 0.2) is 146 Å². The molecule has 0 unspecified atom stereocenters. The summed E-state index contributed by atoms with van der Waals surface area (Å²) in [7, 11) is 0. The van der Waals surface area contributed by atoms with Gasteiger partial charge in [-0.2, -0.15) is 15.8 Å². The van der Waals surface area contributed by atoms with Gasteiger partial charge in [-0.05, 0) is 68.3 Å². The van der Waals surface area contributed by atoms with Gasteiger partial charge in [-0.1, -0.05) is 207 Å². The largest absolute Gasteiger partial charge is 0.192 e. The van der Waals surface area contributed by atoms with Gasteiger partial charge in [0.05, 0.1) is 34.9 Å². The van der Waals surface area contributed by atoms with Gasteiger partial charge in [0, 0.05) is 10.7 Å². The van der Waals surface area contributed by atoms with Gasteiger partial charge in [0.2, 0.25) is 0 Å². The summed E-state index contributed by atoms with van der Waals surface area (Å²) in [5.74, 6) is 0. The summed E-state index contributed by atoms with van der Waals surface area (Å²) in [4.78, 5) is 0. The summed E-state index contributed by atoms with van der Waals surface area (Å²) in [6.07, 6.45) is 0. The van der Waals surface area contributed by atoms with Gasteiger partial charge in [-0.3, -0.25) is 0 Å². The molecule has 6 aromatic rings. The third kappa shape index (κ3) is 10.8. The van der Waals surface area contributed by atoms with E-state index in [0.29, 0.717) is 16.7 Å². The average Bonchev–Trinajstić information content (AvgIpc) is 3.18. The first-order chi connectivity index (χ1) is 24.2. The number of benzene rings is 6. The van der Waals surface area contributed by atoms with Crippen LogP contribution in [0.4, 0.5) is 0 Å². The molecule has 6 aromatic carbocycles. The maximum atomic E-state index is 9.09. The molecule has 0 bridgehead atoms. The molecule has 0 amide bonds. The Morgan fingerprint density at radius 1 is 0.400 bits per heavy atom. The zero-order valence-corrected chi connectivity index (χ0v) is 34.4. The van der Waals surface area contributed by atoms with Crippen LogP contribution in [0.25, 0.3) is 33.4 Å². The van der Waals surface area contributed by atoms with Crippen molar-refractivity contribution in [3.63, 3.8) is 0 Å². The number of hydrogen-bond acceptors (Lipinski definition) is 3. The molecule has 0 aliphatic rings. The fourth-order valence-corrected chi connectivity index (χ4v) is 6.42. The maximum Gasteiger partial charge on any atom is 0.159 e. The third-order valence-corrected chi connectivity index (χ3v) is 10.2. The highest BCUT2D eigenvalue weighted by atomic mass is 80.0. The van der Waals surface area contributed by atoms with Crippen molar-refractivity contribution in [3.05, 3.63) is 179 Å². The standard InChI is InChI=1S/C14H8Br3N.2C14H10BrN/c15-14(16,17)12-7-5-10(6-8-12)13-4-2-1-3-11(13)9-18;2*15-9-11-5-7-12(8-6-11)14-4-2-1-3-13(14)10-16/h1-8H;2*1-8H,9H2. The molecule has 0 aliphatic carbocycles. The molecule has 0 fully saturated rings. The quantitative estimate of drug-likeness (QED) is 0.162. The molecule has 0 N–H and O–H groups in total. The molecule has 0 heterocycles. The van der Waals surface area contributed by atoms with Gasteiger partial charge in [0.15, 0.2) is 2.14 Å². The number of nitriles is 3. The van der Waals surface area contributed by atoms with Crippen LogP contribution < -0.4 is 0 Å². The smallest absolute Gasteiger partial charge is 0.159 e. The Bertz CT molecular complexity index is 2030. The number of alkyl halides is 5. The predicted octanol–water partition coefficient (Wildman–Crippen LogP) is 13.8. The number of hydrogen-bond donors (Lipinski definition) is 0. The monoisotopic (exact) mass is 969 g/mol. The molecule has 0 atom stereocenters. The first-order valence-electron chi connectivity index (χ1n) is 15.2. The van der Waals surface area contributed by atoms with Gasteiger partial charge in [-0.15, -0.1) is 0 Å². The van der Waals surface area contributed by atoms with Gasteiger partial charge in [0.1, 0.15) is 0 Å². The molecule has 0 radical (unpaired) electrons. The molecule has 8 heteroatoms. The zero-order chi connectivity index (χ0) is 35.9. The summed E-state index contributed by atoms with van der Waals surface area (Å²) in [6.45, 7) is 0. The van der Waals surface area contributed by atoms with E-state index < -0.39 is 2.14 Å². The Labute approximate surface area is 335 Å². The Morgan fingerprint density at radius 2 is 0.680 bits per heavy atom. The summed E-state index contributed by atoms with van der Waals surface area (Å²) in [5, 5.41) is 28.8. The second-order valence-electron chi connectivity index (χ2n) is 10.7. The van der Waals surface area contributed by atoms with Gasteiger partial charge in [0.25, 0.3) is 0 Å². The van der Waals surface area contributed by atoms with Crippen LogP contribution in [0.1, 0.15) is 33.4 Å². The van der Waals surface area contributed by atoms with E-state index in [-0.39, 0.29) is 0 Å². The van der Waals surface area contributed by atoms with Crippen molar-refractivity contribution in [3.8, 4) is 51.6 Å². The second kappa shape index (κ2) is 19.5. The minimum Gasteiger partial charge on any atom is -0.192 e. The van der Waals surface area contributed by atoms with Crippen molar-refractivity contribution in [1.29, 1.82) is 15.8 Å². The number of rotatable bonds is 5. The third-order valence-electron chi connectivity index (χ3n) is 7.50. The van der Waals surface area contributed by atoms with E-state index in [1.165, 1.54) is 11.1 Å². The lowest BCUT2D eigenvalue weighted by Crippen LogP contribution is -1.96. The van der Waals surface area contributed by atoms with Crippen LogP contribution in [0, 0.1) is 34.0 Å². The molecule has 0 saturated heterocycles. The Morgan fingerprint density at radius 3 is 0.940 bits per heavy atom. The molecule has 3 nitrogen and oxygen atoms in total. The molecule has 0 saturated carbocycles. The Kier molecular flexibility index (Phi) is 15.2. The van der Waals surface area contributed by atoms with E-state index in [1.54, 1.807) is 0 Å². The van der Waals surface area contributed by atoms with Crippen molar-refractivity contribution >= 4 is 79.6 Å². The Balaban J connectivity index is 0.000000169. The lowest BCUT2D eigenvalue weighted by Gasteiger charge is -2.13. The SMILES string of the molecule is N#Cc1ccccc1-c1ccc(C(Br)(Br)Br)cc1.N#Cc1ccccc1-c1ccc(CBr)cc1.N#Cc1ccccc1-c1ccc(CBr)cc1. The summed E-state index contributed by atoms with van der Waals surface area (Å²) < 4.78 is -0.403. The lowest BCUT2D eigenvalue weighted by molar-refractivity contribution is 1.37. The van der Waals surface area contributed by atoms with Crippen LogP contribution >= 0.6 is 79.6 Å². The van der Waals surface area contributed by atoms with Crippen LogP contribution in [0.3, 0.4) is 0 Å². The van der Waals surface area contributed by atoms with Crippen molar-refractivity contribution < 1.29 is 0 Å². The molecular formula is C42H28Br5N3. The molecule has 0 aromatic heterocycles. The number of halogens is 5. The fourth-order valence-electron chi connectivity index (χ4n) is 4.88. The molecule has 50 heavy (non-hydrogen) atoms. The lowest BCUT2D eigenvalue weighted by atomic mass is 10.00. The highest BCUT2D eigenvalue weighted by molar-refractivity contribution is 9.38. The van der Waals surface area contributed by atoms with E-state index in [0.717, 1.165) is 49.6 Å². The van der Waals surface area contributed by atoms with Gasteiger partial charge >= 0.3 is 0 Å². The van der Waals surface area contributed by atoms with Gasteiger partial charge in [-0.25, -0.2) is 0 Å². The van der Waals surface area contributed by atoms with Crippen LogP contribution in [0.5, 0.6) is 0 Å². The minimum absolute atomic E-state index is 0.403. The average molecular weight is 974 g/mol. The first-order valence-corrected chi connectivity index (χ1v) is 19.8. The van der Waals surface area contributed by atoms with E-state index in [4.69, 9.17) is 15.8 Å². The van der Waals surface area contributed by atoms with Crippen molar-refractivity contribution in [2.75, 3.05) is 0 Å². The van der Waals surface area contributed by atoms with Crippen LogP contribution in [-0.2, 0) is 12.8 Å². The van der Waals surface area contributed by atoms with E-state index in [9.17, 15) is 0 Å². The molecular weight excluding hydrogens is 946 g/mol. The number of nitrogens with zero attached hydrogens (tertiary/aromatic N) is 3. The summed E-state index contributed by atoms with van der Waals surface area (Å²) in [6, 6.07) is 54.0. The highest BCUT2D eigenvalue weighted by Gasteiger charge is 2.20. The van der Waals surface area contributed by atoms with Crippen LogP contribution in [0.2, 0.25) is 0 Å². The molecule has 6 rings (SSSR count). The van der Waals surface area contributed by atoms with E-state index in [2.05, 4.69) is 122 Å². The van der Waals surface area contributed by atoms with Crippen molar-refractivity contribution in [2.24, 2.45) is 0 Å². The molecule has 246 valence electrons. The predicted molar refractivity (Wildman–Crippen MR) is 223 cm³/mol. The summed E-state index contributed by atoms with van der Waals surface area (Å²) in [5.41, 5.74) is 11.8. The minimum atomic E-state index is -0.403. The normalized spacial score (nSPS) is 10.2. The molecule has 0 spiro atoms. The van der Waals surface area contributed by atoms with E-state index >= 15 is 0 Å². The van der Waals surface area contributed by atoms with Crippen molar-refractivity contribution in [2.45, 2.75) is 12.8 Å². The van der Waals surface area contributed by atoms with Gasteiger partial charge < -0.3 is 0 Å². The van der Waals surface area contributed by atoms with Crippen LogP contribution in [-0.4, -0.2) is 0 Å². The first kappa shape index (κ1) is 39.0. The summed E-state index contributed by atoms with van der Waals surface area (Å²) >= 11 is 17.3. The highest BCUT2D eigenvalue weighted by Crippen LogP contribution is 2.44. The second-order valence-corrected chi connectivity index (χ2v) is 18.6. The van der Waals surface area contributed by atoms with E-state index in [1.807, 2.05) is 121 Å². The zero-order valence-electron chi connectivity index (χ0n) is 26.5. The van der Waals surface area contributed by atoms with Crippen molar-refractivity contribution in [1.82, 2.24) is 0 Å².